The summed E-state index contributed by atoms with van der Waals surface area (Å²) < 4.78 is 2.87. The van der Waals surface area contributed by atoms with Crippen LogP contribution in [0.1, 0.15) is 0 Å². The molecule has 0 saturated heterocycles. The van der Waals surface area contributed by atoms with Crippen molar-refractivity contribution in [2.75, 3.05) is 4.93 Å². The van der Waals surface area contributed by atoms with Crippen LogP contribution in [0.15, 0.2) is 0 Å². The van der Waals surface area contributed by atoms with Crippen LogP contribution >= 0.6 is 0 Å². The van der Waals surface area contributed by atoms with Gasteiger partial charge in [0.15, 0.2) is 0 Å². The first kappa shape index (κ1) is 7.41. The first-order valence-corrected chi connectivity index (χ1v) is 5.09. The normalized spacial score (nSPS) is 5.00. The van der Waals surface area contributed by atoms with E-state index >= 15 is 0 Å². The Morgan fingerprint density at radius 2 is 2.00 bits per heavy atom. The average molecular weight is 215 g/mol. The minimum atomic E-state index is 0.0574. The van der Waals surface area contributed by atoms with Crippen LogP contribution in [0.2, 0.25) is 0 Å². The molecule has 0 unspecified atom stereocenters. The third-order valence-electron chi connectivity index (χ3n) is 0.339. The Kier molecular flexibility index (Phi) is 5.94. The van der Waals surface area contributed by atoms with E-state index in [0.717, 1.165) is 0 Å². The van der Waals surface area contributed by atoms with Crippen LogP contribution < -0.4 is 21.2 Å². The van der Waals surface area contributed by atoms with Crippen molar-refractivity contribution in [3.05, 3.63) is 0 Å². The number of alkyl halides is 1. The zero-order chi connectivity index (χ0) is 6.24. The van der Waals surface area contributed by atoms with Crippen molar-refractivity contribution in [1.82, 2.24) is 0 Å². The molecule has 0 radical (unpaired) electrons. The van der Waals surface area contributed by atoms with Gasteiger partial charge in [0.1, 0.15) is 0 Å². The van der Waals surface area contributed by atoms with Gasteiger partial charge in [-0.05, 0) is 0 Å². The summed E-state index contributed by atoms with van der Waals surface area (Å²) in [5.74, 6) is 9.73. The predicted molar refractivity (Wildman–Crippen MR) is 30.3 cm³/mol. The standard InChI is InChI=1S/C7H4I/c1-3-4-5-6-7-8-2/h1H,2H3/q-1. The molecule has 0 rings (SSSR count). The predicted octanol–water partition coefficient (Wildman–Crippen LogP) is -2.70. The van der Waals surface area contributed by atoms with E-state index in [1.54, 1.807) is 0 Å². The van der Waals surface area contributed by atoms with Gasteiger partial charge in [-0.15, -0.1) is 0 Å². The van der Waals surface area contributed by atoms with Crippen LogP contribution in [-0.2, 0) is 0 Å². The van der Waals surface area contributed by atoms with Crippen LogP contribution in [0.3, 0.4) is 0 Å². The fourth-order valence-electron chi connectivity index (χ4n) is 0.138. The molecule has 8 heavy (non-hydrogen) atoms. The summed E-state index contributed by atoms with van der Waals surface area (Å²) in [5.41, 5.74) is 0. The van der Waals surface area contributed by atoms with Gasteiger partial charge in [-0.25, -0.2) is 0 Å². The average Bonchev–Trinajstić information content (AvgIpc) is 1.81. The van der Waals surface area contributed by atoms with E-state index in [4.69, 9.17) is 6.42 Å². The van der Waals surface area contributed by atoms with Gasteiger partial charge in [0.25, 0.3) is 0 Å². The summed E-state index contributed by atoms with van der Waals surface area (Å²) in [6.45, 7) is 0. The zero-order valence-corrected chi connectivity index (χ0v) is 6.61. The minimum absolute atomic E-state index is 0.0574. The molecule has 0 atom stereocenters. The van der Waals surface area contributed by atoms with E-state index < -0.39 is 0 Å². The molecule has 0 heterocycles. The number of hydrogen-bond acceptors (Lipinski definition) is 0. The maximum absolute atomic E-state index is 4.83. The Hall–Kier alpha value is -0.590. The Morgan fingerprint density at radius 3 is 2.50 bits per heavy atom. The molecule has 0 nitrogen and oxygen atoms in total. The topological polar surface area (TPSA) is 0 Å². The third-order valence-corrected chi connectivity index (χ3v) is 1.15. The van der Waals surface area contributed by atoms with Crippen molar-refractivity contribution in [2.45, 2.75) is 0 Å². The van der Waals surface area contributed by atoms with Gasteiger partial charge in [0.2, 0.25) is 0 Å². The van der Waals surface area contributed by atoms with Gasteiger partial charge < -0.3 is 0 Å². The monoisotopic (exact) mass is 215 g/mol. The summed E-state index contributed by atoms with van der Waals surface area (Å²) in [7, 11) is 0. The Labute approximate surface area is 60.3 Å². The second-order valence-corrected chi connectivity index (χ2v) is 2.42. The van der Waals surface area contributed by atoms with Gasteiger partial charge in [-0.1, -0.05) is 0 Å². The first-order chi connectivity index (χ1) is 3.91. The number of terminal acetylenes is 1. The van der Waals surface area contributed by atoms with E-state index in [-0.39, 0.29) is 21.2 Å². The molecule has 0 bridgehead atoms. The van der Waals surface area contributed by atoms with Crippen molar-refractivity contribution >= 4 is 0 Å². The van der Waals surface area contributed by atoms with Crippen molar-refractivity contribution in [2.24, 2.45) is 0 Å². The molecule has 1 heteroatoms. The summed E-state index contributed by atoms with van der Waals surface area (Å²) >= 11 is 0.0574. The maximum atomic E-state index is 4.83. The fraction of sp³-hybridized carbons (Fsp3) is 0.143. The van der Waals surface area contributed by atoms with Crippen LogP contribution in [0, 0.1) is 34.0 Å². The molecule has 0 aromatic heterocycles. The van der Waals surface area contributed by atoms with Gasteiger partial charge in [0, 0.05) is 0 Å². The number of rotatable bonds is 0. The molecule has 0 spiro atoms. The van der Waals surface area contributed by atoms with E-state index in [9.17, 15) is 0 Å². The van der Waals surface area contributed by atoms with Gasteiger partial charge >= 0.3 is 60.2 Å². The van der Waals surface area contributed by atoms with Crippen LogP contribution in [0.4, 0.5) is 0 Å². The third kappa shape index (κ3) is 5.41. The van der Waals surface area contributed by atoms with Crippen molar-refractivity contribution in [1.29, 1.82) is 0 Å². The van der Waals surface area contributed by atoms with Crippen LogP contribution in [0.5, 0.6) is 0 Å². The summed E-state index contributed by atoms with van der Waals surface area (Å²) in [6, 6.07) is 0. The Bertz CT molecular complexity index is 199. The Morgan fingerprint density at radius 1 is 1.25 bits per heavy atom. The van der Waals surface area contributed by atoms with E-state index in [1.807, 2.05) is 0 Å². The number of halogens is 1. The molecule has 0 aromatic carbocycles. The summed E-state index contributed by atoms with van der Waals surface area (Å²) in [5, 5.41) is 0. The molecule has 0 aliphatic carbocycles. The zero-order valence-electron chi connectivity index (χ0n) is 4.46. The van der Waals surface area contributed by atoms with Gasteiger partial charge in [-0.3, -0.25) is 0 Å². The molecule has 0 amide bonds. The van der Waals surface area contributed by atoms with Crippen molar-refractivity contribution in [3.8, 4) is 34.0 Å². The Balaban J connectivity index is 3.61. The SMILES string of the molecule is C#CC#CC#C[I-]C. The summed E-state index contributed by atoms with van der Waals surface area (Å²) in [4.78, 5) is 2.07. The fourth-order valence-corrected chi connectivity index (χ4v) is 0.543. The molecule has 0 aromatic rings. The molecule has 40 valence electrons. The molecular formula is C7H4I-. The molecule has 0 fully saturated rings. The second-order valence-electron chi connectivity index (χ2n) is 0.803. The van der Waals surface area contributed by atoms with Crippen LogP contribution in [-0.4, -0.2) is 4.93 Å². The summed E-state index contributed by atoms with van der Waals surface area (Å²) in [6.07, 6.45) is 4.83. The quantitative estimate of drug-likeness (QED) is 0.234. The van der Waals surface area contributed by atoms with Gasteiger partial charge in [-0.2, -0.15) is 0 Å². The van der Waals surface area contributed by atoms with E-state index in [0.29, 0.717) is 0 Å². The first-order valence-electron chi connectivity index (χ1n) is 1.86. The van der Waals surface area contributed by atoms with E-state index in [1.165, 1.54) is 0 Å². The molecule has 0 aliphatic heterocycles. The van der Waals surface area contributed by atoms with Crippen molar-refractivity contribution < 1.29 is 21.2 Å². The molecule has 0 saturated carbocycles. The molecule has 0 aliphatic rings. The van der Waals surface area contributed by atoms with Gasteiger partial charge in [0.05, 0.1) is 0 Å². The van der Waals surface area contributed by atoms with Crippen LogP contribution in [0.25, 0.3) is 0 Å². The molecular weight excluding hydrogens is 211 g/mol. The molecule has 0 N–H and O–H groups in total. The number of hydrogen-bond donors (Lipinski definition) is 0. The second kappa shape index (κ2) is 6.41. The van der Waals surface area contributed by atoms with Crippen molar-refractivity contribution in [3.63, 3.8) is 0 Å². The van der Waals surface area contributed by atoms with E-state index in [2.05, 4.69) is 32.5 Å².